The quantitative estimate of drug-likeness (QED) is 0.675. The standard InChI is InChI=1S/C11H9BrF3NO3/c12-7-3-1-2-6(4-7)5-8(16)9(17)19-10(18)11(13,14)15/h1-4,8H,5,16H2/t8-/m0/s1. The molecule has 0 fully saturated rings. The Kier molecular flexibility index (Phi) is 5.07. The van der Waals surface area contributed by atoms with E-state index >= 15 is 0 Å². The van der Waals surface area contributed by atoms with Gasteiger partial charge in [0.25, 0.3) is 0 Å². The first kappa shape index (κ1) is 15.6. The molecule has 0 amide bonds. The van der Waals surface area contributed by atoms with Crippen molar-refractivity contribution in [2.45, 2.75) is 18.6 Å². The molecular weight excluding hydrogens is 331 g/mol. The van der Waals surface area contributed by atoms with Gasteiger partial charge >= 0.3 is 18.1 Å². The number of benzene rings is 1. The SMILES string of the molecule is N[C@@H](Cc1cccc(Br)c1)C(=O)OC(=O)C(F)(F)F. The maximum atomic E-state index is 11.9. The minimum absolute atomic E-state index is 0.0383. The van der Waals surface area contributed by atoms with Gasteiger partial charge in [-0.15, -0.1) is 0 Å². The molecule has 104 valence electrons. The van der Waals surface area contributed by atoms with Crippen molar-refractivity contribution >= 4 is 27.9 Å². The van der Waals surface area contributed by atoms with Crippen LogP contribution >= 0.6 is 15.9 Å². The molecule has 0 spiro atoms. The molecule has 0 unspecified atom stereocenters. The summed E-state index contributed by atoms with van der Waals surface area (Å²) in [5.74, 6) is -3.98. The molecule has 2 N–H and O–H groups in total. The number of nitrogens with two attached hydrogens (primary N) is 1. The van der Waals surface area contributed by atoms with Crippen LogP contribution in [0.25, 0.3) is 0 Å². The fraction of sp³-hybridized carbons (Fsp3) is 0.273. The molecule has 0 saturated heterocycles. The van der Waals surface area contributed by atoms with Gasteiger partial charge in [-0.05, 0) is 24.1 Å². The highest BCUT2D eigenvalue weighted by atomic mass is 79.9. The first-order valence-electron chi connectivity index (χ1n) is 5.03. The van der Waals surface area contributed by atoms with Crippen LogP contribution in [0.2, 0.25) is 0 Å². The molecule has 4 nitrogen and oxygen atoms in total. The lowest BCUT2D eigenvalue weighted by Crippen LogP contribution is -2.38. The third-order valence-corrected chi connectivity index (χ3v) is 2.57. The predicted molar refractivity (Wildman–Crippen MR) is 63.0 cm³/mol. The Hall–Kier alpha value is -1.41. The summed E-state index contributed by atoms with van der Waals surface area (Å²) in [5.41, 5.74) is 6.00. The van der Waals surface area contributed by atoms with E-state index in [9.17, 15) is 22.8 Å². The van der Waals surface area contributed by atoms with E-state index in [1.54, 1.807) is 24.3 Å². The average Bonchev–Trinajstić information content (AvgIpc) is 2.27. The van der Waals surface area contributed by atoms with Crippen LogP contribution in [0.5, 0.6) is 0 Å². The van der Waals surface area contributed by atoms with Gasteiger partial charge in [0.15, 0.2) is 0 Å². The van der Waals surface area contributed by atoms with Gasteiger partial charge in [0.1, 0.15) is 6.04 Å². The highest BCUT2D eigenvalue weighted by Crippen LogP contribution is 2.17. The summed E-state index contributed by atoms with van der Waals surface area (Å²) in [6.45, 7) is 0. The van der Waals surface area contributed by atoms with E-state index in [4.69, 9.17) is 5.73 Å². The van der Waals surface area contributed by atoms with Crippen molar-refractivity contribution in [1.82, 2.24) is 0 Å². The Morgan fingerprint density at radius 1 is 1.37 bits per heavy atom. The third-order valence-electron chi connectivity index (χ3n) is 2.07. The van der Waals surface area contributed by atoms with Crippen LogP contribution in [0.1, 0.15) is 5.56 Å². The van der Waals surface area contributed by atoms with Crippen LogP contribution in [0.15, 0.2) is 28.7 Å². The van der Waals surface area contributed by atoms with Crippen LogP contribution in [-0.2, 0) is 20.7 Å². The molecule has 8 heteroatoms. The van der Waals surface area contributed by atoms with Crippen LogP contribution in [-0.4, -0.2) is 24.2 Å². The number of carbonyl (C=O) groups is 2. The minimum Gasteiger partial charge on any atom is -0.385 e. The summed E-state index contributed by atoms with van der Waals surface area (Å²) >= 11 is 3.20. The van der Waals surface area contributed by atoms with Gasteiger partial charge in [0.2, 0.25) is 0 Å². The van der Waals surface area contributed by atoms with Gasteiger partial charge < -0.3 is 10.5 Å². The van der Waals surface area contributed by atoms with E-state index < -0.39 is 24.2 Å². The van der Waals surface area contributed by atoms with Crippen LogP contribution < -0.4 is 5.73 Å². The van der Waals surface area contributed by atoms with E-state index in [1.807, 2.05) is 0 Å². The number of alkyl halides is 3. The minimum atomic E-state index is -5.22. The zero-order chi connectivity index (χ0) is 14.6. The number of ether oxygens (including phenoxy) is 1. The number of esters is 2. The first-order valence-corrected chi connectivity index (χ1v) is 5.82. The average molecular weight is 340 g/mol. The molecule has 0 heterocycles. The molecule has 0 aliphatic heterocycles. The van der Waals surface area contributed by atoms with E-state index in [0.29, 0.717) is 5.56 Å². The molecule has 0 saturated carbocycles. The van der Waals surface area contributed by atoms with Crippen LogP contribution in [0.4, 0.5) is 13.2 Å². The lowest BCUT2D eigenvalue weighted by Gasteiger charge is -2.11. The second-order valence-electron chi connectivity index (χ2n) is 3.65. The summed E-state index contributed by atoms with van der Waals surface area (Å²) in [5, 5.41) is 0. The number of rotatable bonds is 3. The van der Waals surface area contributed by atoms with Crippen molar-refractivity contribution in [3.8, 4) is 0 Å². The number of carbonyl (C=O) groups excluding carboxylic acids is 2. The van der Waals surface area contributed by atoms with Crippen molar-refractivity contribution in [3.63, 3.8) is 0 Å². The fourth-order valence-corrected chi connectivity index (χ4v) is 1.67. The second kappa shape index (κ2) is 6.16. The molecular formula is C11H9BrF3NO3. The van der Waals surface area contributed by atoms with Crippen molar-refractivity contribution < 1.29 is 27.5 Å². The molecule has 1 aromatic carbocycles. The molecule has 0 aromatic heterocycles. The summed E-state index contributed by atoms with van der Waals surface area (Å²) < 4.78 is 40.0. The summed E-state index contributed by atoms with van der Waals surface area (Å²) in [6, 6.07) is 5.36. The molecule has 1 aromatic rings. The van der Waals surface area contributed by atoms with Gasteiger partial charge in [-0.2, -0.15) is 13.2 Å². The van der Waals surface area contributed by atoms with Gasteiger partial charge in [0.05, 0.1) is 0 Å². The van der Waals surface area contributed by atoms with Crippen LogP contribution in [0, 0.1) is 0 Å². The lowest BCUT2D eigenvalue weighted by molar-refractivity contribution is -0.202. The molecule has 0 aliphatic rings. The van der Waals surface area contributed by atoms with Crippen molar-refractivity contribution in [1.29, 1.82) is 0 Å². The number of halogens is 4. The van der Waals surface area contributed by atoms with E-state index in [1.165, 1.54) is 0 Å². The monoisotopic (exact) mass is 339 g/mol. The summed E-state index contributed by atoms with van der Waals surface area (Å²) in [7, 11) is 0. The molecule has 0 bridgehead atoms. The normalized spacial score (nSPS) is 12.9. The Bertz CT molecular complexity index is 490. The number of hydrogen-bond acceptors (Lipinski definition) is 4. The van der Waals surface area contributed by atoms with Gasteiger partial charge in [0, 0.05) is 4.47 Å². The first-order chi connectivity index (χ1) is 8.70. The molecule has 1 atom stereocenters. The number of hydrogen-bond donors (Lipinski definition) is 1. The van der Waals surface area contributed by atoms with Crippen molar-refractivity contribution in [2.24, 2.45) is 5.73 Å². The predicted octanol–water partition coefficient (Wildman–Crippen LogP) is 1.95. The Morgan fingerprint density at radius 3 is 2.53 bits per heavy atom. The zero-order valence-corrected chi connectivity index (χ0v) is 11.0. The van der Waals surface area contributed by atoms with Crippen LogP contribution in [0.3, 0.4) is 0 Å². The van der Waals surface area contributed by atoms with Crippen molar-refractivity contribution in [2.75, 3.05) is 0 Å². The fourth-order valence-electron chi connectivity index (χ4n) is 1.23. The molecule has 0 radical (unpaired) electrons. The van der Waals surface area contributed by atoms with Gasteiger partial charge in [-0.25, -0.2) is 9.59 Å². The largest absolute Gasteiger partial charge is 0.491 e. The second-order valence-corrected chi connectivity index (χ2v) is 4.56. The smallest absolute Gasteiger partial charge is 0.385 e. The van der Waals surface area contributed by atoms with E-state index in [-0.39, 0.29) is 6.42 Å². The Balaban J connectivity index is 2.61. The Morgan fingerprint density at radius 2 is 2.00 bits per heavy atom. The highest BCUT2D eigenvalue weighted by molar-refractivity contribution is 9.10. The van der Waals surface area contributed by atoms with E-state index in [0.717, 1.165) is 4.47 Å². The maximum absolute atomic E-state index is 11.9. The van der Waals surface area contributed by atoms with Gasteiger partial charge in [-0.1, -0.05) is 28.1 Å². The molecule has 1 rings (SSSR count). The lowest BCUT2D eigenvalue weighted by atomic mass is 10.1. The molecule has 19 heavy (non-hydrogen) atoms. The highest BCUT2D eigenvalue weighted by Gasteiger charge is 2.43. The summed E-state index contributed by atoms with van der Waals surface area (Å²) in [4.78, 5) is 21.7. The van der Waals surface area contributed by atoms with E-state index in [2.05, 4.69) is 20.7 Å². The van der Waals surface area contributed by atoms with Gasteiger partial charge in [-0.3, -0.25) is 0 Å². The maximum Gasteiger partial charge on any atom is 0.491 e. The Labute approximate surface area is 114 Å². The van der Waals surface area contributed by atoms with Crippen molar-refractivity contribution in [3.05, 3.63) is 34.3 Å². The summed E-state index contributed by atoms with van der Waals surface area (Å²) in [6.07, 6.45) is -5.26. The molecule has 0 aliphatic carbocycles. The topological polar surface area (TPSA) is 69.4 Å². The third kappa shape index (κ3) is 4.99. The zero-order valence-electron chi connectivity index (χ0n) is 9.41.